The molecule has 1 aliphatic rings. The Labute approximate surface area is 134 Å². The summed E-state index contributed by atoms with van der Waals surface area (Å²) in [6.45, 7) is 5.78. The quantitative estimate of drug-likeness (QED) is 0.793. The summed E-state index contributed by atoms with van der Waals surface area (Å²) in [4.78, 5) is 25.3. The van der Waals surface area contributed by atoms with E-state index in [4.69, 9.17) is 0 Å². The molecule has 0 amide bonds. The first-order valence-electron chi connectivity index (χ1n) is 7.94. The average Bonchev–Trinajstić information content (AvgIpc) is 3.11. The highest BCUT2D eigenvalue weighted by molar-refractivity contribution is 5.85. The van der Waals surface area contributed by atoms with Gasteiger partial charge in [0.15, 0.2) is 5.82 Å². The van der Waals surface area contributed by atoms with E-state index in [2.05, 4.69) is 47.7 Å². The number of nitrogens with zero attached hydrogens (tertiary/aromatic N) is 6. The van der Waals surface area contributed by atoms with Crippen molar-refractivity contribution in [3.8, 4) is 0 Å². The maximum atomic E-state index is 4.47. The topological polar surface area (TPSA) is 73.8 Å². The normalized spacial score (nSPS) is 15.3. The second-order valence-corrected chi connectivity index (χ2v) is 5.63. The van der Waals surface area contributed by atoms with Crippen LogP contribution in [0.4, 0.5) is 11.6 Å². The lowest BCUT2D eigenvalue weighted by molar-refractivity contribution is 0.641. The molecule has 7 nitrogen and oxygen atoms in total. The molecule has 7 heteroatoms. The summed E-state index contributed by atoms with van der Waals surface area (Å²) < 4.78 is 0. The van der Waals surface area contributed by atoms with Crippen LogP contribution in [0.2, 0.25) is 0 Å². The fourth-order valence-electron chi connectivity index (χ4n) is 3.00. The van der Waals surface area contributed by atoms with Gasteiger partial charge in [0.05, 0.1) is 5.52 Å². The molecule has 0 atom stereocenters. The molecule has 0 aromatic carbocycles. The van der Waals surface area contributed by atoms with Crippen molar-refractivity contribution >= 4 is 22.7 Å². The van der Waals surface area contributed by atoms with Crippen molar-refractivity contribution in [3.05, 3.63) is 36.7 Å². The third-order valence-corrected chi connectivity index (χ3v) is 4.30. The fraction of sp³-hybridized carbons (Fsp3) is 0.375. The number of fused-ring (bicyclic) bond motifs is 1. The standard InChI is InChI=1S/C16H19N7/c1-2-12-9-14(20-10-18-12)22-5-7-23(8-6-22)16-15-13(3-4-17-15)19-11-21-16/h3-4,9-11,17H,2,5-8H2,1H3. The molecule has 1 aliphatic heterocycles. The molecule has 0 radical (unpaired) electrons. The Morgan fingerprint density at radius 2 is 1.78 bits per heavy atom. The fourth-order valence-corrected chi connectivity index (χ4v) is 3.00. The van der Waals surface area contributed by atoms with Crippen molar-refractivity contribution in [2.45, 2.75) is 13.3 Å². The summed E-state index contributed by atoms with van der Waals surface area (Å²) in [5, 5.41) is 0. The maximum absolute atomic E-state index is 4.47. The molecular formula is C16H19N7. The van der Waals surface area contributed by atoms with Crippen LogP contribution in [-0.2, 0) is 6.42 Å². The number of hydrogen-bond donors (Lipinski definition) is 1. The first-order chi connectivity index (χ1) is 11.3. The van der Waals surface area contributed by atoms with Gasteiger partial charge in [-0.25, -0.2) is 19.9 Å². The second-order valence-electron chi connectivity index (χ2n) is 5.63. The van der Waals surface area contributed by atoms with Crippen LogP contribution in [0.15, 0.2) is 31.0 Å². The van der Waals surface area contributed by atoms with Crippen molar-refractivity contribution in [1.82, 2.24) is 24.9 Å². The summed E-state index contributed by atoms with van der Waals surface area (Å²) in [6, 6.07) is 4.06. The predicted octanol–water partition coefficient (Wildman–Crippen LogP) is 1.64. The highest BCUT2D eigenvalue weighted by atomic mass is 15.3. The molecule has 0 unspecified atom stereocenters. The van der Waals surface area contributed by atoms with Crippen molar-refractivity contribution in [2.75, 3.05) is 36.0 Å². The molecule has 1 saturated heterocycles. The van der Waals surface area contributed by atoms with Gasteiger partial charge < -0.3 is 14.8 Å². The molecule has 1 fully saturated rings. The molecule has 1 N–H and O–H groups in total. The molecule has 23 heavy (non-hydrogen) atoms. The van der Waals surface area contributed by atoms with Crippen molar-refractivity contribution in [1.29, 1.82) is 0 Å². The van der Waals surface area contributed by atoms with E-state index < -0.39 is 0 Å². The van der Waals surface area contributed by atoms with Crippen LogP contribution in [0.1, 0.15) is 12.6 Å². The molecule has 0 saturated carbocycles. The van der Waals surface area contributed by atoms with Gasteiger partial charge in [-0.1, -0.05) is 6.92 Å². The molecule has 0 spiro atoms. The Morgan fingerprint density at radius 1 is 1.00 bits per heavy atom. The lowest BCUT2D eigenvalue weighted by Crippen LogP contribution is -2.47. The van der Waals surface area contributed by atoms with Crippen LogP contribution in [0, 0.1) is 0 Å². The van der Waals surface area contributed by atoms with E-state index >= 15 is 0 Å². The number of nitrogens with one attached hydrogen (secondary N) is 1. The SMILES string of the molecule is CCc1cc(N2CCN(c3ncnc4cc[nH]c34)CC2)ncn1. The smallest absolute Gasteiger partial charge is 0.156 e. The van der Waals surface area contributed by atoms with E-state index in [0.29, 0.717) is 0 Å². The van der Waals surface area contributed by atoms with E-state index in [1.807, 2.05) is 12.3 Å². The Kier molecular flexibility index (Phi) is 3.53. The van der Waals surface area contributed by atoms with Gasteiger partial charge in [-0.05, 0) is 12.5 Å². The molecule has 0 bridgehead atoms. The number of aromatic nitrogens is 5. The zero-order valence-electron chi connectivity index (χ0n) is 13.1. The van der Waals surface area contributed by atoms with Gasteiger partial charge >= 0.3 is 0 Å². The third kappa shape index (κ3) is 2.58. The highest BCUT2D eigenvalue weighted by Crippen LogP contribution is 2.23. The number of aryl methyl sites for hydroxylation is 1. The first kappa shape index (κ1) is 13.9. The van der Waals surface area contributed by atoms with Crippen molar-refractivity contribution in [3.63, 3.8) is 0 Å². The first-order valence-corrected chi connectivity index (χ1v) is 7.94. The van der Waals surface area contributed by atoms with Crippen LogP contribution in [-0.4, -0.2) is 51.1 Å². The Morgan fingerprint density at radius 3 is 2.61 bits per heavy atom. The summed E-state index contributed by atoms with van der Waals surface area (Å²) in [5.74, 6) is 2.00. The van der Waals surface area contributed by atoms with Crippen molar-refractivity contribution < 1.29 is 0 Å². The maximum Gasteiger partial charge on any atom is 0.156 e. The summed E-state index contributed by atoms with van der Waals surface area (Å²) in [5.41, 5.74) is 3.05. The molecule has 4 heterocycles. The van der Waals surface area contributed by atoms with E-state index in [1.165, 1.54) is 0 Å². The van der Waals surface area contributed by atoms with Gasteiger partial charge in [0.1, 0.15) is 24.0 Å². The number of piperazine rings is 1. The van der Waals surface area contributed by atoms with Crippen molar-refractivity contribution in [2.24, 2.45) is 0 Å². The van der Waals surface area contributed by atoms with E-state index in [0.717, 1.165) is 61.0 Å². The molecule has 0 aliphatic carbocycles. The number of aromatic amines is 1. The predicted molar refractivity (Wildman–Crippen MR) is 89.7 cm³/mol. The zero-order valence-corrected chi connectivity index (χ0v) is 13.1. The van der Waals surface area contributed by atoms with E-state index in [-0.39, 0.29) is 0 Å². The van der Waals surface area contributed by atoms with Crippen LogP contribution in [0.3, 0.4) is 0 Å². The average molecular weight is 309 g/mol. The zero-order chi connectivity index (χ0) is 15.6. The molecule has 118 valence electrons. The van der Waals surface area contributed by atoms with Crippen LogP contribution in [0.5, 0.6) is 0 Å². The minimum Gasteiger partial charge on any atom is -0.357 e. The molecular weight excluding hydrogens is 290 g/mol. The highest BCUT2D eigenvalue weighted by Gasteiger charge is 2.21. The minimum absolute atomic E-state index is 0.913. The number of rotatable bonds is 3. The van der Waals surface area contributed by atoms with E-state index in [1.54, 1.807) is 12.7 Å². The van der Waals surface area contributed by atoms with E-state index in [9.17, 15) is 0 Å². The largest absolute Gasteiger partial charge is 0.357 e. The summed E-state index contributed by atoms with van der Waals surface area (Å²) in [6.07, 6.45) is 6.14. The number of hydrogen-bond acceptors (Lipinski definition) is 6. The lowest BCUT2D eigenvalue weighted by atomic mass is 10.2. The Balaban J connectivity index is 1.51. The Bertz CT molecular complexity index is 805. The van der Waals surface area contributed by atoms with Crippen LogP contribution < -0.4 is 9.80 Å². The Hall–Kier alpha value is -2.70. The van der Waals surface area contributed by atoms with Crippen LogP contribution >= 0.6 is 0 Å². The third-order valence-electron chi connectivity index (χ3n) is 4.30. The number of anilines is 2. The van der Waals surface area contributed by atoms with Crippen LogP contribution in [0.25, 0.3) is 11.0 Å². The summed E-state index contributed by atoms with van der Waals surface area (Å²) in [7, 11) is 0. The minimum atomic E-state index is 0.913. The molecule has 3 aromatic rings. The number of H-pyrrole nitrogens is 1. The van der Waals surface area contributed by atoms with Gasteiger partial charge in [-0.3, -0.25) is 0 Å². The van der Waals surface area contributed by atoms with Gasteiger partial charge in [-0.15, -0.1) is 0 Å². The summed E-state index contributed by atoms with van der Waals surface area (Å²) >= 11 is 0. The van der Waals surface area contributed by atoms with Gasteiger partial charge in [0, 0.05) is 44.1 Å². The lowest BCUT2D eigenvalue weighted by Gasteiger charge is -2.36. The monoisotopic (exact) mass is 309 g/mol. The second kappa shape index (κ2) is 5.83. The van der Waals surface area contributed by atoms with Gasteiger partial charge in [0.2, 0.25) is 0 Å². The molecule has 3 aromatic heterocycles. The van der Waals surface area contributed by atoms with Gasteiger partial charge in [0.25, 0.3) is 0 Å². The molecule has 4 rings (SSSR count). The van der Waals surface area contributed by atoms with Gasteiger partial charge in [-0.2, -0.15) is 0 Å².